The molecular formula is C15H17FN4O. The first kappa shape index (κ1) is 14.9. The molecule has 21 heavy (non-hydrogen) atoms. The van der Waals surface area contributed by atoms with Gasteiger partial charge in [0.1, 0.15) is 17.3 Å². The highest BCUT2D eigenvalue weighted by Crippen LogP contribution is 2.25. The molecule has 1 aromatic carbocycles. The van der Waals surface area contributed by atoms with Gasteiger partial charge in [0.05, 0.1) is 18.5 Å². The fourth-order valence-corrected chi connectivity index (χ4v) is 2.06. The number of rotatable bonds is 2. The number of hydrogen-bond acceptors (Lipinski definition) is 5. The van der Waals surface area contributed by atoms with Crippen molar-refractivity contribution in [2.75, 3.05) is 28.3 Å². The number of halogens is 1. The second kappa shape index (κ2) is 6.30. The van der Waals surface area contributed by atoms with Crippen LogP contribution in [0.15, 0.2) is 39.3 Å². The number of nitrogens with one attached hydrogen (secondary N) is 1. The van der Waals surface area contributed by atoms with Crippen molar-refractivity contribution >= 4 is 23.0 Å². The zero-order chi connectivity index (χ0) is 15.4. The first-order valence-corrected chi connectivity index (χ1v) is 6.41. The van der Waals surface area contributed by atoms with Crippen LogP contribution in [0.3, 0.4) is 0 Å². The predicted octanol–water partition coefficient (Wildman–Crippen LogP) is 1.95. The van der Waals surface area contributed by atoms with E-state index < -0.39 is 5.82 Å². The van der Waals surface area contributed by atoms with Crippen LogP contribution in [0.5, 0.6) is 5.75 Å². The Morgan fingerprint density at radius 1 is 1.24 bits per heavy atom. The van der Waals surface area contributed by atoms with Crippen molar-refractivity contribution in [3.05, 3.63) is 35.7 Å². The molecule has 1 aromatic rings. The SMILES string of the molecule is C/N=C1/C=C(c2ccc(OC)cc2F)N=C(NC)/C1=N/C. The Bertz CT molecular complexity index is 674. The van der Waals surface area contributed by atoms with Crippen molar-refractivity contribution in [3.63, 3.8) is 0 Å². The Labute approximate surface area is 123 Å². The van der Waals surface area contributed by atoms with Crippen LogP contribution in [0, 0.1) is 5.82 Å². The van der Waals surface area contributed by atoms with Gasteiger partial charge in [0, 0.05) is 32.8 Å². The van der Waals surface area contributed by atoms with E-state index >= 15 is 0 Å². The summed E-state index contributed by atoms with van der Waals surface area (Å²) in [5.41, 5.74) is 2.19. The first-order valence-electron chi connectivity index (χ1n) is 6.41. The highest BCUT2D eigenvalue weighted by atomic mass is 19.1. The molecule has 0 aromatic heterocycles. The summed E-state index contributed by atoms with van der Waals surface area (Å²) in [6.45, 7) is 0. The molecule has 0 atom stereocenters. The van der Waals surface area contributed by atoms with E-state index in [1.54, 1.807) is 39.4 Å². The van der Waals surface area contributed by atoms with E-state index in [0.717, 1.165) is 0 Å². The summed E-state index contributed by atoms with van der Waals surface area (Å²) in [6, 6.07) is 4.66. The molecule has 0 radical (unpaired) electrons. The average Bonchev–Trinajstić information content (AvgIpc) is 2.53. The van der Waals surface area contributed by atoms with Gasteiger partial charge < -0.3 is 10.1 Å². The van der Waals surface area contributed by atoms with Gasteiger partial charge in [0.2, 0.25) is 0 Å². The molecule has 0 amide bonds. The van der Waals surface area contributed by atoms with Crippen molar-refractivity contribution in [2.24, 2.45) is 15.0 Å². The predicted molar refractivity (Wildman–Crippen MR) is 84.1 cm³/mol. The van der Waals surface area contributed by atoms with Crippen LogP contribution in [0.2, 0.25) is 0 Å². The number of ether oxygens (including phenoxy) is 1. The number of allylic oxidation sites excluding steroid dienone is 1. The molecule has 6 heteroatoms. The van der Waals surface area contributed by atoms with E-state index in [4.69, 9.17) is 4.74 Å². The van der Waals surface area contributed by atoms with Crippen LogP contribution in [-0.4, -0.2) is 45.5 Å². The van der Waals surface area contributed by atoms with Gasteiger partial charge in [-0.25, -0.2) is 9.38 Å². The maximum Gasteiger partial charge on any atom is 0.154 e. The number of hydrogen-bond donors (Lipinski definition) is 1. The normalized spacial score (nSPS) is 18.5. The van der Waals surface area contributed by atoms with Crippen molar-refractivity contribution in [1.82, 2.24) is 5.32 Å². The molecule has 0 saturated carbocycles. The lowest BCUT2D eigenvalue weighted by Crippen LogP contribution is -2.35. The van der Waals surface area contributed by atoms with Crippen LogP contribution in [0.1, 0.15) is 5.56 Å². The monoisotopic (exact) mass is 288 g/mol. The third-order valence-corrected chi connectivity index (χ3v) is 3.13. The maximum absolute atomic E-state index is 14.2. The van der Waals surface area contributed by atoms with E-state index in [-0.39, 0.29) is 0 Å². The Balaban J connectivity index is 2.54. The minimum Gasteiger partial charge on any atom is -0.497 e. The minimum absolute atomic E-state index is 0.389. The Morgan fingerprint density at radius 3 is 2.52 bits per heavy atom. The number of aliphatic imine (C=N–C) groups is 3. The quantitative estimate of drug-likeness (QED) is 0.904. The molecule has 5 nitrogen and oxygen atoms in total. The first-order chi connectivity index (χ1) is 10.1. The minimum atomic E-state index is -0.396. The molecule has 1 heterocycles. The number of methoxy groups -OCH3 is 1. The van der Waals surface area contributed by atoms with Crippen LogP contribution in [0.4, 0.5) is 4.39 Å². The number of amidine groups is 1. The summed E-state index contributed by atoms with van der Waals surface area (Å²) in [7, 11) is 6.57. The number of benzene rings is 1. The Hall–Kier alpha value is -2.50. The lowest BCUT2D eigenvalue weighted by molar-refractivity contribution is 0.411. The zero-order valence-electron chi connectivity index (χ0n) is 12.4. The highest BCUT2D eigenvalue weighted by Gasteiger charge is 2.21. The maximum atomic E-state index is 14.2. The molecular weight excluding hydrogens is 271 g/mol. The van der Waals surface area contributed by atoms with Gasteiger partial charge in [-0.1, -0.05) is 0 Å². The topological polar surface area (TPSA) is 58.3 Å². The smallest absolute Gasteiger partial charge is 0.154 e. The molecule has 0 spiro atoms. The van der Waals surface area contributed by atoms with Gasteiger partial charge in [-0.05, 0) is 18.2 Å². The zero-order valence-corrected chi connectivity index (χ0v) is 12.4. The summed E-state index contributed by atoms with van der Waals surface area (Å²) < 4.78 is 19.2. The van der Waals surface area contributed by atoms with Crippen LogP contribution < -0.4 is 10.1 Å². The molecule has 1 aliphatic rings. The lowest BCUT2D eigenvalue weighted by atomic mass is 10.0. The van der Waals surface area contributed by atoms with E-state index in [0.29, 0.717) is 34.3 Å². The Kier molecular flexibility index (Phi) is 4.47. The van der Waals surface area contributed by atoms with Crippen molar-refractivity contribution in [1.29, 1.82) is 0 Å². The van der Waals surface area contributed by atoms with E-state index in [1.165, 1.54) is 13.2 Å². The molecule has 1 aliphatic heterocycles. The van der Waals surface area contributed by atoms with Gasteiger partial charge in [-0.2, -0.15) is 0 Å². The third-order valence-electron chi connectivity index (χ3n) is 3.13. The second-order valence-electron chi connectivity index (χ2n) is 4.27. The molecule has 2 rings (SSSR count). The lowest BCUT2D eigenvalue weighted by Gasteiger charge is -2.17. The average molecular weight is 288 g/mol. The second-order valence-corrected chi connectivity index (χ2v) is 4.27. The molecule has 1 N–H and O–H groups in total. The van der Waals surface area contributed by atoms with Gasteiger partial charge in [-0.15, -0.1) is 0 Å². The summed E-state index contributed by atoms with van der Waals surface area (Å²) >= 11 is 0. The standard InChI is InChI=1S/C15H17FN4O/c1-17-13-8-12(20-15(19-3)14(13)18-2)10-6-5-9(21-4)7-11(10)16/h5-8H,1-4H3,(H,19,20)/b17-13-,18-14+. The summed E-state index contributed by atoms with van der Waals surface area (Å²) in [6.07, 6.45) is 1.72. The van der Waals surface area contributed by atoms with Crippen molar-refractivity contribution in [2.45, 2.75) is 0 Å². The molecule has 0 aliphatic carbocycles. The van der Waals surface area contributed by atoms with E-state index in [2.05, 4.69) is 20.3 Å². The van der Waals surface area contributed by atoms with E-state index in [9.17, 15) is 4.39 Å². The fraction of sp³-hybridized carbons (Fsp3) is 0.267. The van der Waals surface area contributed by atoms with Gasteiger partial charge in [-0.3, -0.25) is 9.98 Å². The number of nitrogens with zero attached hydrogens (tertiary/aromatic N) is 3. The van der Waals surface area contributed by atoms with Crippen LogP contribution in [-0.2, 0) is 0 Å². The molecule has 110 valence electrons. The molecule has 0 fully saturated rings. The van der Waals surface area contributed by atoms with Gasteiger partial charge in [0.25, 0.3) is 0 Å². The molecule has 0 saturated heterocycles. The summed E-state index contributed by atoms with van der Waals surface area (Å²) in [5, 5.41) is 2.96. The van der Waals surface area contributed by atoms with E-state index in [1.807, 2.05) is 0 Å². The fourth-order valence-electron chi connectivity index (χ4n) is 2.06. The molecule has 0 unspecified atom stereocenters. The highest BCUT2D eigenvalue weighted by molar-refractivity contribution is 6.72. The Morgan fingerprint density at radius 2 is 2.00 bits per heavy atom. The van der Waals surface area contributed by atoms with Crippen LogP contribution in [0.25, 0.3) is 5.70 Å². The van der Waals surface area contributed by atoms with Crippen molar-refractivity contribution < 1.29 is 9.13 Å². The molecule has 0 bridgehead atoms. The van der Waals surface area contributed by atoms with Crippen molar-refractivity contribution in [3.8, 4) is 5.75 Å². The van der Waals surface area contributed by atoms with Gasteiger partial charge >= 0.3 is 0 Å². The summed E-state index contributed by atoms with van der Waals surface area (Å²) in [5.74, 6) is 0.628. The third kappa shape index (κ3) is 2.84. The van der Waals surface area contributed by atoms with Gasteiger partial charge in [0.15, 0.2) is 5.84 Å². The largest absolute Gasteiger partial charge is 0.497 e. The summed E-state index contributed by atoms with van der Waals surface area (Å²) in [4.78, 5) is 12.8. The van der Waals surface area contributed by atoms with Crippen LogP contribution >= 0.6 is 0 Å².